The number of hydrogen-bond acceptors (Lipinski definition) is 6. The van der Waals surface area contributed by atoms with Gasteiger partial charge in [-0.25, -0.2) is 0 Å². The van der Waals surface area contributed by atoms with Gasteiger partial charge in [0.2, 0.25) is 0 Å². The Bertz CT molecular complexity index is 1260. The fourth-order valence-corrected chi connectivity index (χ4v) is 8.00. The predicted octanol–water partition coefficient (Wildman–Crippen LogP) is 19.0. The number of esters is 3. The van der Waals surface area contributed by atoms with E-state index in [4.69, 9.17) is 14.2 Å². The monoisotopic (exact) mass is 935 g/mol. The molecule has 67 heavy (non-hydrogen) atoms. The zero-order chi connectivity index (χ0) is 48.6. The quantitative estimate of drug-likeness (QED) is 0.0199. The van der Waals surface area contributed by atoms with Gasteiger partial charge in [-0.15, -0.1) is 0 Å². The van der Waals surface area contributed by atoms with Crippen LogP contribution in [0.4, 0.5) is 0 Å². The fraction of sp³-hybridized carbons (Fsp3) is 0.754. The molecule has 386 valence electrons. The van der Waals surface area contributed by atoms with Crippen molar-refractivity contribution in [3.63, 3.8) is 0 Å². The molecule has 1 unspecified atom stereocenters. The molecule has 0 aromatic carbocycles. The Balaban J connectivity index is 4.43. The van der Waals surface area contributed by atoms with Crippen LogP contribution in [0.15, 0.2) is 72.9 Å². The number of ether oxygens (including phenoxy) is 3. The number of rotatable bonds is 51. The van der Waals surface area contributed by atoms with E-state index in [1.807, 2.05) is 24.3 Å². The highest BCUT2D eigenvalue weighted by Gasteiger charge is 2.19. The largest absolute Gasteiger partial charge is 0.462 e. The molecule has 0 aliphatic carbocycles. The van der Waals surface area contributed by atoms with E-state index in [0.717, 1.165) is 96.3 Å². The van der Waals surface area contributed by atoms with E-state index < -0.39 is 6.10 Å². The minimum atomic E-state index is -0.789. The van der Waals surface area contributed by atoms with E-state index in [1.165, 1.54) is 141 Å². The highest BCUT2D eigenvalue weighted by molar-refractivity contribution is 5.71. The summed E-state index contributed by atoms with van der Waals surface area (Å²) in [6.45, 7) is 6.54. The normalized spacial score (nSPS) is 12.6. The smallest absolute Gasteiger partial charge is 0.306 e. The summed E-state index contributed by atoms with van der Waals surface area (Å²) < 4.78 is 16.8. The molecular weight excluding hydrogens is 829 g/mol. The first kappa shape index (κ1) is 63.8. The third-order valence-electron chi connectivity index (χ3n) is 12.3. The lowest BCUT2D eigenvalue weighted by atomic mass is 10.0. The molecule has 0 amide bonds. The fourth-order valence-electron chi connectivity index (χ4n) is 8.00. The van der Waals surface area contributed by atoms with Gasteiger partial charge < -0.3 is 14.2 Å². The van der Waals surface area contributed by atoms with Crippen molar-refractivity contribution < 1.29 is 28.6 Å². The lowest BCUT2D eigenvalue weighted by Crippen LogP contribution is -2.30. The molecule has 6 heteroatoms. The van der Waals surface area contributed by atoms with Crippen LogP contribution in [0.5, 0.6) is 0 Å². The summed E-state index contributed by atoms with van der Waals surface area (Å²) in [6.07, 6.45) is 70.2. The molecule has 6 nitrogen and oxygen atoms in total. The molecule has 1 atom stereocenters. The van der Waals surface area contributed by atoms with Crippen LogP contribution in [0.2, 0.25) is 0 Å². The van der Waals surface area contributed by atoms with Crippen LogP contribution in [0.25, 0.3) is 0 Å². The summed E-state index contributed by atoms with van der Waals surface area (Å²) in [6, 6.07) is 0. The maximum atomic E-state index is 12.9. The predicted molar refractivity (Wildman–Crippen MR) is 288 cm³/mol. The van der Waals surface area contributed by atoms with Gasteiger partial charge in [-0.3, -0.25) is 14.4 Å². The molecule has 0 aromatic rings. The number of allylic oxidation sites excluding steroid dienone is 12. The van der Waals surface area contributed by atoms with Crippen LogP contribution in [-0.2, 0) is 28.6 Å². The van der Waals surface area contributed by atoms with E-state index in [0.29, 0.717) is 19.3 Å². The van der Waals surface area contributed by atoms with Gasteiger partial charge in [-0.1, -0.05) is 267 Å². The maximum absolute atomic E-state index is 12.9. The first-order valence-electron chi connectivity index (χ1n) is 28.5. The van der Waals surface area contributed by atoms with Gasteiger partial charge in [0, 0.05) is 19.3 Å². The molecule has 0 aliphatic rings. The average Bonchev–Trinajstić information content (AvgIpc) is 3.33. The Morgan fingerprint density at radius 2 is 0.582 bits per heavy atom. The molecule has 0 fully saturated rings. The van der Waals surface area contributed by atoms with Gasteiger partial charge in [-0.05, 0) is 64.2 Å². The van der Waals surface area contributed by atoms with Gasteiger partial charge in [0.1, 0.15) is 13.2 Å². The second kappa shape index (κ2) is 55.4. The highest BCUT2D eigenvalue weighted by Crippen LogP contribution is 2.16. The average molecular weight is 936 g/mol. The summed E-state index contributed by atoms with van der Waals surface area (Å²) in [4.78, 5) is 38.1. The number of carbonyl (C=O) groups is 3. The molecule has 0 saturated heterocycles. The Labute approximate surface area is 414 Å². The topological polar surface area (TPSA) is 78.9 Å². The van der Waals surface area contributed by atoms with Crippen molar-refractivity contribution in [3.05, 3.63) is 72.9 Å². The molecule has 0 radical (unpaired) electrons. The lowest BCUT2D eigenvalue weighted by molar-refractivity contribution is -0.167. The van der Waals surface area contributed by atoms with E-state index in [1.54, 1.807) is 0 Å². The van der Waals surface area contributed by atoms with Crippen LogP contribution >= 0.6 is 0 Å². The minimum Gasteiger partial charge on any atom is -0.462 e. The SMILES string of the molecule is CCC\C=C/C=C\C=C/C=C\C=C/CCCCCCCC(=O)OCC(COC(=O)CCCCCCCCCCCCCCC)OC(=O)CCCCCCC/C=C\CCCCCCCCCCC. The molecule has 0 aromatic heterocycles. The Kier molecular flexibility index (Phi) is 52.8. The van der Waals surface area contributed by atoms with Gasteiger partial charge >= 0.3 is 17.9 Å². The first-order chi connectivity index (χ1) is 33.0. The summed E-state index contributed by atoms with van der Waals surface area (Å²) in [7, 11) is 0. The molecule has 0 heterocycles. The van der Waals surface area contributed by atoms with Crippen LogP contribution in [0.3, 0.4) is 0 Å². The Morgan fingerprint density at radius 3 is 0.940 bits per heavy atom. The van der Waals surface area contributed by atoms with Crippen LogP contribution in [0, 0.1) is 0 Å². The van der Waals surface area contributed by atoms with Crippen molar-refractivity contribution in [2.75, 3.05) is 13.2 Å². The number of unbranched alkanes of at least 4 members (excludes halogenated alkanes) is 32. The van der Waals surface area contributed by atoms with Gasteiger partial charge in [0.05, 0.1) is 0 Å². The Hall–Kier alpha value is -3.15. The third kappa shape index (κ3) is 53.7. The lowest BCUT2D eigenvalue weighted by Gasteiger charge is -2.18. The molecule has 0 rings (SSSR count). The van der Waals surface area contributed by atoms with Crippen molar-refractivity contribution in [2.24, 2.45) is 0 Å². The summed E-state index contributed by atoms with van der Waals surface area (Å²) in [5.74, 6) is -0.910. The van der Waals surface area contributed by atoms with E-state index in [-0.39, 0.29) is 31.1 Å². The molecular formula is C61H106O6. The first-order valence-corrected chi connectivity index (χ1v) is 28.5. The molecule has 0 spiro atoms. The number of hydrogen-bond donors (Lipinski definition) is 0. The molecule has 0 N–H and O–H groups in total. The van der Waals surface area contributed by atoms with Crippen molar-refractivity contribution in [2.45, 2.75) is 284 Å². The van der Waals surface area contributed by atoms with E-state index in [9.17, 15) is 14.4 Å². The van der Waals surface area contributed by atoms with Crippen molar-refractivity contribution in [1.29, 1.82) is 0 Å². The maximum Gasteiger partial charge on any atom is 0.306 e. The van der Waals surface area contributed by atoms with Crippen molar-refractivity contribution in [1.82, 2.24) is 0 Å². The van der Waals surface area contributed by atoms with Crippen LogP contribution in [-0.4, -0.2) is 37.2 Å². The zero-order valence-corrected chi connectivity index (χ0v) is 44.2. The van der Waals surface area contributed by atoms with E-state index >= 15 is 0 Å². The number of carbonyl (C=O) groups excluding carboxylic acids is 3. The molecule has 0 aliphatic heterocycles. The molecule has 0 bridgehead atoms. The second-order valence-electron chi connectivity index (χ2n) is 19.0. The summed E-state index contributed by atoms with van der Waals surface area (Å²) in [5, 5.41) is 0. The highest BCUT2D eigenvalue weighted by atomic mass is 16.6. The van der Waals surface area contributed by atoms with Gasteiger partial charge in [0.15, 0.2) is 6.10 Å². The van der Waals surface area contributed by atoms with Crippen LogP contribution in [0.1, 0.15) is 278 Å². The summed E-state index contributed by atoms with van der Waals surface area (Å²) in [5.41, 5.74) is 0. The van der Waals surface area contributed by atoms with E-state index in [2.05, 4.69) is 69.4 Å². The summed E-state index contributed by atoms with van der Waals surface area (Å²) >= 11 is 0. The molecule has 0 saturated carbocycles. The zero-order valence-electron chi connectivity index (χ0n) is 44.2. The third-order valence-corrected chi connectivity index (χ3v) is 12.3. The second-order valence-corrected chi connectivity index (χ2v) is 19.0. The van der Waals surface area contributed by atoms with Crippen LogP contribution < -0.4 is 0 Å². The van der Waals surface area contributed by atoms with Crippen molar-refractivity contribution in [3.8, 4) is 0 Å². The van der Waals surface area contributed by atoms with Crippen molar-refractivity contribution >= 4 is 17.9 Å². The van der Waals surface area contributed by atoms with Gasteiger partial charge in [0.25, 0.3) is 0 Å². The van der Waals surface area contributed by atoms with Gasteiger partial charge in [-0.2, -0.15) is 0 Å². The minimum absolute atomic E-state index is 0.0851. The standard InChI is InChI=1S/C61H106O6/c1-4-7-10-13-16-19-22-25-27-29-31-33-36-39-42-45-48-51-54-60(63)66-57-58(56-65-59(62)53-50-47-44-41-38-35-24-21-18-15-12-9-6-3)67-61(64)55-52-49-46-43-40-37-34-32-30-28-26-23-20-17-14-11-8-5-2/h10,13,16,19,22,25,27,29,31-34,58H,4-9,11-12,14-15,17-18,20-21,23-24,26,28,30,35-57H2,1-3H3/b13-10-,19-16-,25-22-,29-27-,33-31-,34-32-. The Morgan fingerprint density at radius 1 is 0.299 bits per heavy atom.